The molecule has 3 aromatic rings. The number of fused-ring (bicyclic) bond motifs is 3. The van der Waals surface area contributed by atoms with Gasteiger partial charge in [0, 0.05) is 0 Å². The first-order chi connectivity index (χ1) is 20.0. The van der Waals surface area contributed by atoms with Crippen LogP contribution < -0.4 is 9.80 Å². The molecule has 7 rings (SSSR count). The fourth-order valence-electron chi connectivity index (χ4n) is 6.77. The summed E-state index contributed by atoms with van der Waals surface area (Å²) in [5.74, 6) is -4.30. The molecule has 2 saturated heterocycles. The van der Waals surface area contributed by atoms with Crippen LogP contribution in [0, 0.1) is 16.3 Å². The van der Waals surface area contributed by atoms with Crippen LogP contribution in [-0.2, 0) is 14.4 Å². The van der Waals surface area contributed by atoms with Crippen molar-refractivity contribution in [3.05, 3.63) is 87.4 Å². The zero-order valence-corrected chi connectivity index (χ0v) is 25.0. The van der Waals surface area contributed by atoms with Crippen LogP contribution >= 0.6 is 18.2 Å². The summed E-state index contributed by atoms with van der Waals surface area (Å²) in [6, 6.07) is 13.5. The Labute approximate surface area is 244 Å². The SMILES string of the molecule is C=I12C[N+]1(C1CC(F)(F)C1)C(=O)[C@@H](N(C(=O)[C@@H]1CCC(=O)N1c1ccc(C)cn1)c1cccc(F)c1)c1ccccc12. The maximum absolute atomic E-state index is 14.7. The van der Waals surface area contributed by atoms with Crippen LogP contribution in [0.4, 0.5) is 24.7 Å². The number of hydrogen-bond donors (Lipinski definition) is 0. The molecule has 4 aliphatic rings. The second kappa shape index (κ2) is 9.27. The average Bonchev–Trinajstić information content (AvgIpc) is 3.44. The van der Waals surface area contributed by atoms with Crippen molar-refractivity contribution < 1.29 is 30.3 Å². The van der Waals surface area contributed by atoms with Gasteiger partial charge in [-0.2, -0.15) is 0 Å². The zero-order chi connectivity index (χ0) is 29.6. The van der Waals surface area contributed by atoms with Gasteiger partial charge < -0.3 is 0 Å². The number of amides is 3. The van der Waals surface area contributed by atoms with E-state index < -0.39 is 66.8 Å². The number of quaternary nitrogens is 1. The Bertz CT molecular complexity index is 1710. The summed E-state index contributed by atoms with van der Waals surface area (Å²) in [4.78, 5) is 49.5. The number of halogens is 4. The van der Waals surface area contributed by atoms with Crippen molar-refractivity contribution in [2.75, 3.05) is 14.4 Å². The number of nitrogens with zero attached hydrogens (tertiary/aromatic N) is 4. The van der Waals surface area contributed by atoms with Crippen molar-refractivity contribution in [1.29, 1.82) is 0 Å². The summed E-state index contributed by atoms with van der Waals surface area (Å²) >= 11 is -3.33. The fraction of sp³-hybridized carbons (Fsp3) is 0.323. The Morgan fingerprint density at radius 2 is 1.88 bits per heavy atom. The van der Waals surface area contributed by atoms with Gasteiger partial charge in [-0.25, -0.2) is 0 Å². The summed E-state index contributed by atoms with van der Waals surface area (Å²) in [6.45, 7) is 1.86. The molecule has 3 fully saturated rings. The molecule has 3 aliphatic heterocycles. The maximum atomic E-state index is 14.7. The van der Waals surface area contributed by atoms with Crippen LogP contribution in [0.15, 0.2) is 66.9 Å². The van der Waals surface area contributed by atoms with Crippen LogP contribution in [-0.4, -0.2) is 52.5 Å². The topological polar surface area (TPSA) is 70.6 Å². The molecule has 4 atom stereocenters. The van der Waals surface area contributed by atoms with Crippen LogP contribution in [0.1, 0.15) is 42.9 Å². The number of pyridine rings is 1. The molecule has 11 heteroatoms. The third-order valence-corrected chi connectivity index (χ3v) is 18.4. The van der Waals surface area contributed by atoms with E-state index in [2.05, 4.69) is 9.50 Å². The average molecular weight is 689 g/mol. The molecule has 1 aliphatic carbocycles. The van der Waals surface area contributed by atoms with Crippen molar-refractivity contribution in [3.8, 4) is 0 Å². The Morgan fingerprint density at radius 3 is 2.57 bits per heavy atom. The van der Waals surface area contributed by atoms with Crippen LogP contribution in [0.5, 0.6) is 0 Å². The van der Waals surface area contributed by atoms with Gasteiger partial charge in [0.15, 0.2) is 0 Å². The Kier molecular flexibility index (Phi) is 6.05. The molecule has 1 saturated carbocycles. The number of carbonyl (C=O) groups is 3. The van der Waals surface area contributed by atoms with E-state index in [1.165, 1.54) is 28.0 Å². The summed E-state index contributed by atoms with van der Waals surface area (Å²) in [5.41, 5.74) is 1.65. The van der Waals surface area contributed by atoms with Crippen LogP contribution in [0.25, 0.3) is 0 Å². The molecule has 0 radical (unpaired) electrons. The predicted octanol–water partition coefficient (Wildman–Crippen LogP) is 5.48. The minimum absolute atomic E-state index is 0.102. The second-order valence-electron chi connectivity index (χ2n) is 11.6. The van der Waals surface area contributed by atoms with Crippen molar-refractivity contribution in [3.63, 3.8) is 0 Å². The zero-order valence-electron chi connectivity index (χ0n) is 22.9. The van der Waals surface area contributed by atoms with Crippen molar-refractivity contribution in [2.45, 2.75) is 56.7 Å². The van der Waals surface area contributed by atoms with Gasteiger partial charge in [0.25, 0.3) is 0 Å². The minimum atomic E-state index is -3.33. The third kappa shape index (κ3) is 3.85. The fourth-order valence-corrected chi connectivity index (χ4v) is 18.2. The number of carbonyl (C=O) groups excluding carboxylic acids is 3. The predicted molar refractivity (Wildman–Crippen MR) is 160 cm³/mol. The van der Waals surface area contributed by atoms with Gasteiger partial charge in [-0.1, -0.05) is 0 Å². The molecule has 2 aromatic carbocycles. The quantitative estimate of drug-likeness (QED) is 0.117. The van der Waals surface area contributed by atoms with Crippen molar-refractivity contribution >= 4 is 52.0 Å². The van der Waals surface area contributed by atoms with Gasteiger partial charge in [0.1, 0.15) is 0 Å². The van der Waals surface area contributed by atoms with Crippen LogP contribution in [0.2, 0.25) is 0 Å². The number of aryl methyl sites for hydroxylation is 1. The number of benzene rings is 2. The Hall–Kier alpha value is -3.45. The molecule has 0 bridgehead atoms. The van der Waals surface area contributed by atoms with E-state index in [0.717, 1.165) is 9.13 Å². The molecule has 0 N–H and O–H groups in total. The standard InChI is InChI=1S/C31H29F3IN4O3/c1-19-10-12-26(36-17-19)38-25(11-13-27(38)40)29(41)37(21-7-5-6-20(32)14-21)28-23-8-3-4-9-24(23)35(2)18-39(35,30(28)42)22-15-31(33,34)16-22/h3-10,12,14,17,22,25,28H,2,11,13,15-16,18H2,1H3/q+1/t25-,28-,39?/m0/s1. The number of alkyl halides is 3. The number of aromatic nitrogens is 1. The summed E-state index contributed by atoms with van der Waals surface area (Å²) in [7, 11) is 0. The molecule has 42 heavy (non-hydrogen) atoms. The van der Waals surface area contributed by atoms with E-state index in [-0.39, 0.29) is 33.0 Å². The number of hydrogen-bond acceptors (Lipinski definition) is 4. The Balaban J connectivity index is 1.38. The summed E-state index contributed by atoms with van der Waals surface area (Å²) < 4.78 is 48.8. The molecule has 7 nitrogen and oxygen atoms in total. The van der Waals surface area contributed by atoms with Gasteiger partial charge in [0.05, 0.1) is 0 Å². The van der Waals surface area contributed by atoms with Gasteiger partial charge in [-0.15, -0.1) is 0 Å². The van der Waals surface area contributed by atoms with Gasteiger partial charge in [-0.05, 0) is 0 Å². The van der Waals surface area contributed by atoms with E-state index in [0.29, 0.717) is 15.9 Å². The molecule has 3 amide bonds. The van der Waals surface area contributed by atoms with Gasteiger partial charge in [0.2, 0.25) is 0 Å². The first-order valence-electron chi connectivity index (χ1n) is 13.8. The molecule has 1 aromatic heterocycles. The van der Waals surface area contributed by atoms with Crippen molar-refractivity contribution in [2.24, 2.45) is 0 Å². The second-order valence-corrected chi connectivity index (χ2v) is 19.6. The first kappa shape index (κ1) is 27.4. The summed E-state index contributed by atoms with van der Waals surface area (Å²) in [5, 5.41) is 0. The molecule has 0 spiro atoms. The van der Waals surface area contributed by atoms with Crippen molar-refractivity contribution in [1.82, 2.24) is 4.98 Å². The van der Waals surface area contributed by atoms with Gasteiger partial charge >= 0.3 is 246 Å². The number of anilines is 2. The third-order valence-electron chi connectivity index (χ3n) is 8.93. The van der Waals surface area contributed by atoms with Gasteiger partial charge in [-0.3, -0.25) is 0 Å². The molecule has 4 heterocycles. The molecule has 2 unspecified atom stereocenters. The van der Waals surface area contributed by atoms with E-state index in [4.69, 9.17) is 0 Å². The molecular weight excluding hydrogens is 660 g/mol. The normalized spacial score (nSPS) is 31.0. The van der Waals surface area contributed by atoms with E-state index >= 15 is 0 Å². The molecular formula is C31H29F3IN4O3+. The summed E-state index contributed by atoms with van der Waals surface area (Å²) in [6.07, 6.45) is 1.11. The van der Waals surface area contributed by atoms with E-state index in [1.54, 1.807) is 36.5 Å². The molecule has 218 valence electrons. The first-order valence-corrected chi connectivity index (χ1v) is 18.9. The number of rotatable bonds is 5. The van der Waals surface area contributed by atoms with Crippen LogP contribution in [0.3, 0.4) is 0 Å². The monoisotopic (exact) mass is 689 g/mol. The van der Waals surface area contributed by atoms with E-state index in [9.17, 15) is 27.6 Å². The Morgan fingerprint density at radius 1 is 1.12 bits per heavy atom. The van der Waals surface area contributed by atoms with E-state index in [1.807, 2.05) is 19.1 Å².